The molecule has 0 radical (unpaired) electrons. The Bertz CT molecular complexity index is 1070. The number of carboxylic acids is 1. The van der Waals surface area contributed by atoms with Crippen molar-refractivity contribution in [1.82, 2.24) is 10.2 Å². The molecule has 2 N–H and O–H groups in total. The molecule has 2 aliphatic carbocycles. The second-order valence-corrected chi connectivity index (χ2v) is 8.80. The maximum absolute atomic E-state index is 13.1. The predicted octanol–water partition coefficient (Wildman–Crippen LogP) is 3.63. The summed E-state index contributed by atoms with van der Waals surface area (Å²) in [6, 6.07) is 15.1. The molecular formula is C27H28N2O5. The van der Waals surface area contributed by atoms with E-state index in [1.54, 1.807) is 0 Å². The zero-order chi connectivity index (χ0) is 24.1. The van der Waals surface area contributed by atoms with Crippen LogP contribution >= 0.6 is 0 Å². The van der Waals surface area contributed by atoms with Gasteiger partial charge < -0.3 is 20.1 Å². The molecule has 2 aromatic rings. The molecule has 1 unspecified atom stereocenters. The van der Waals surface area contributed by atoms with Crippen molar-refractivity contribution in [2.45, 2.75) is 37.6 Å². The Hall–Kier alpha value is -3.79. The van der Waals surface area contributed by atoms with E-state index in [1.165, 1.54) is 4.90 Å². The normalized spacial score (nSPS) is 14.9. The molecule has 1 fully saturated rings. The van der Waals surface area contributed by atoms with Gasteiger partial charge in [-0.3, -0.25) is 9.59 Å². The average Bonchev–Trinajstić information content (AvgIpc) is 3.60. The van der Waals surface area contributed by atoms with Crippen molar-refractivity contribution in [3.8, 4) is 23.5 Å². The van der Waals surface area contributed by atoms with Crippen LogP contribution in [0.25, 0.3) is 11.1 Å². The second kappa shape index (κ2) is 10.4. The van der Waals surface area contributed by atoms with E-state index in [-0.39, 0.29) is 37.8 Å². The molecule has 0 aliphatic heterocycles. The molecule has 0 aromatic heterocycles. The molecule has 2 amide bonds. The van der Waals surface area contributed by atoms with Crippen LogP contribution in [0, 0.1) is 18.3 Å². The SMILES string of the molecule is C#CCC(NC(=O)OCC1c2ccccc2-c2ccccc21)C(=O)N(CCC(=O)O)CC1CC1. The Morgan fingerprint density at radius 2 is 1.71 bits per heavy atom. The van der Waals surface area contributed by atoms with E-state index in [0.29, 0.717) is 12.5 Å². The number of ether oxygens (including phenoxy) is 1. The average molecular weight is 461 g/mol. The van der Waals surface area contributed by atoms with Gasteiger partial charge in [0, 0.05) is 25.4 Å². The molecule has 34 heavy (non-hydrogen) atoms. The monoisotopic (exact) mass is 460 g/mol. The van der Waals surface area contributed by atoms with Gasteiger partial charge in [-0.1, -0.05) is 48.5 Å². The van der Waals surface area contributed by atoms with Gasteiger partial charge in [0.25, 0.3) is 0 Å². The van der Waals surface area contributed by atoms with E-state index in [9.17, 15) is 14.4 Å². The van der Waals surface area contributed by atoms with E-state index in [2.05, 4.69) is 23.4 Å². The van der Waals surface area contributed by atoms with Crippen LogP contribution < -0.4 is 5.32 Å². The van der Waals surface area contributed by atoms with Crippen LogP contribution in [-0.4, -0.2) is 53.7 Å². The molecule has 1 atom stereocenters. The van der Waals surface area contributed by atoms with E-state index in [4.69, 9.17) is 16.3 Å². The minimum atomic E-state index is -0.980. The molecule has 0 bridgehead atoms. The number of carboxylic acid groups (broad SMARTS) is 1. The summed E-state index contributed by atoms with van der Waals surface area (Å²) in [5, 5.41) is 11.6. The Balaban J connectivity index is 1.41. The fourth-order valence-corrected chi connectivity index (χ4v) is 4.45. The lowest BCUT2D eigenvalue weighted by Crippen LogP contribution is -2.49. The van der Waals surface area contributed by atoms with Gasteiger partial charge >= 0.3 is 12.1 Å². The number of aliphatic carboxylic acids is 1. The molecule has 0 heterocycles. The highest BCUT2D eigenvalue weighted by Crippen LogP contribution is 2.44. The van der Waals surface area contributed by atoms with Crippen LogP contribution in [0.2, 0.25) is 0 Å². The standard InChI is InChI=1S/C27H28N2O5/c1-2-7-24(26(32)29(15-14-25(30)31)16-18-12-13-18)28-27(33)34-17-23-21-10-5-3-8-19(21)20-9-4-6-11-22(20)23/h1,3-6,8-11,18,23-24H,7,12-17H2,(H,28,33)(H,30,31). The molecule has 7 heteroatoms. The van der Waals surface area contributed by atoms with Gasteiger partial charge in [0.15, 0.2) is 0 Å². The first-order valence-electron chi connectivity index (χ1n) is 11.5. The summed E-state index contributed by atoms with van der Waals surface area (Å²) in [7, 11) is 0. The zero-order valence-corrected chi connectivity index (χ0v) is 18.9. The van der Waals surface area contributed by atoms with Gasteiger partial charge in [0.05, 0.1) is 6.42 Å². The summed E-state index contributed by atoms with van der Waals surface area (Å²) < 4.78 is 5.55. The van der Waals surface area contributed by atoms with Crippen molar-refractivity contribution >= 4 is 18.0 Å². The minimum Gasteiger partial charge on any atom is -0.481 e. The maximum Gasteiger partial charge on any atom is 0.407 e. The lowest BCUT2D eigenvalue weighted by Gasteiger charge is -2.27. The molecule has 7 nitrogen and oxygen atoms in total. The third-order valence-electron chi connectivity index (χ3n) is 6.34. The number of hydrogen-bond donors (Lipinski definition) is 2. The van der Waals surface area contributed by atoms with Crippen LogP contribution in [0.1, 0.15) is 42.7 Å². The number of carbonyl (C=O) groups is 3. The molecule has 0 spiro atoms. The maximum atomic E-state index is 13.1. The van der Waals surface area contributed by atoms with Crippen LogP contribution in [0.5, 0.6) is 0 Å². The first kappa shape index (κ1) is 23.4. The second-order valence-electron chi connectivity index (χ2n) is 8.80. The summed E-state index contributed by atoms with van der Waals surface area (Å²) in [5.74, 6) is 1.35. The molecule has 2 aromatic carbocycles. The van der Waals surface area contributed by atoms with Gasteiger partial charge in [0.1, 0.15) is 12.6 Å². The number of carbonyl (C=O) groups excluding carboxylic acids is 2. The van der Waals surface area contributed by atoms with Crippen LogP contribution in [0.4, 0.5) is 4.79 Å². The molecule has 1 saturated carbocycles. The zero-order valence-electron chi connectivity index (χ0n) is 18.9. The van der Waals surface area contributed by atoms with Crippen molar-refractivity contribution in [1.29, 1.82) is 0 Å². The number of nitrogens with zero attached hydrogens (tertiary/aromatic N) is 1. The molecule has 4 rings (SSSR count). The topological polar surface area (TPSA) is 95.9 Å². The van der Waals surface area contributed by atoms with Crippen molar-refractivity contribution in [2.75, 3.05) is 19.7 Å². The predicted molar refractivity (Wildman–Crippen MR) is 127 cm³/mol. The van der Waals surface area contributed by atoms with Gasteiger partial charge in [-0.25, -0.2) is 4.79 Å². The summed E-state index contributed by atoms with van der Waals surface area (Å²) in [6.07, 6.45) is 6.59. The highest BCUT2D eigenvalue weighted by molar-refractivity contribution is 5.86. The van der Waals surface area contributed by atoms with Crippen molar-refractivity contribution < 1.29 is 24.2 Å². The number of hydrogen-bond acceptors (Lipinski definition) is 4. The Labute approximate surface area is 199 Å². The number of benzene rings is 2. The largest absolute Gasteiger partial charge is 0.481 e. The highest BCUT2D eigenvalue weighted by atomic mass is 16.5. The molecular weight excluding hydrogens is 432 g/mol. The smallest absolute Gasteiger partial charge is 0.407 e. The Morgan fingerprint density at radius 1 is 1.09 bits per heavy atom. The number of nitrogens with one attached hydrogen (secondary N) is 1. The van der Waals surface area contributed by atoms with Gasteiger partial charge in [-0.05, 0) is 41.0 Å². The molecule has 176 valence electrons. The van der Waals surface area contributed by atoms with E-state index < -0.39 is 18.1 Å². The lowest BCUT2D eigenvalue weighted by atomic mass is 9.98. The van der Waals surface area contributed by atoms with E-state index in [1.807, 2.05) is 36.4 Å². The Kier molecular flexibility index (Phi) is 7.17. The minimum absolute atomic E-state index is 0.00271. The first-order chi connectivity index (χ1) is 16.5. The summed E-state index contributed by atoms with van der Waals surface area (Å²) in [5.41, 5.74) is 4.44. The van der Waals surface area contributed by atoms with Crippen LogP contribution in [0.15, 0.2) is 48.5 Å². The van der Waals surface area contributed by atoms with Crippen LogP contribution in [-0.2, 0) is 14.3 Å². The third kappa shape index (κ3) is 5.40. The number of amides is 2. The lowest BCUT2D eigenvalue weighted by molar-refractivity contribution is -0.139. The van der Waals surface area contributed by atoms with Crippen molar-refractivity contribution in [2.24, 2.45) is 5.92 Å². The molecule has 0 saturated heterocycles. The van der Waals surface area contributed by atoms with Crippen molar-refractivity contribution in [3.63, 3.8) is 0 Å². The van der Waals surface area contributed by atoms with Gasteiger partial charge in [0.2, 0.25) is 5.91 Å². The number of terminal acetylenes is 1. The fourth-order valence-electron chi connectivity index (χ4n) is 4.45. The summed E-state index contributed by atoms with van der Waals surface area (Å²) in [4.78, 5) is 38.3. The third-order valence-corrected chi connectivity index (χ3v) is 6.34. The van der Waals surface area contributed by atoms with Crippen molar-refractivity contribution in [3.05, 3.63) is 59.7 Å². The summed E-state index contributed by atoms with van der Waals surface area (Å²) in [6.45, 7) is 0.680. The quantitative estimate of drug-likeness (QED) is 0.528. The van der Waals surface area contributed by atoms with Gasteiger partial charge in [-0.15, -0.1) is 12.3 Å². The fraction of sp³-hybridized carbons (Fsp3) is 0.370. The Morgan fingerprint density at radius 3 is 2.26 bits per heavy atom. The number of rotatable bonds is 10. The van der Waals surface area contributed by atoms with E-state index >= 15 is 0 Å². The van der Waals surface area contributed by atoms with Crippen LogP contribution in [0.3, 0.4) is 0 Å². The van der Waals surface area contributed by atoms with E-state index in [0.717, 1.165) is 35.1 Å². The first-order valence-corrected chi connectivity index (χ1v) is 11.5. The molecule has 2 aliphatic rings. The van der Waals surface area contributed by atoms with Gasteiger partial charge in [-0.2, -0.15) is 0 Å². The summed E-state index contributed by atoms with van der Waals surface area (Å²) >= 11 is 0. The highest BCUT2D eigenvalue weighted by Gasteiger charge is 2.32. The number of alkyl carbamates (subject to hydrolysis) is 1. The number of fused-ring (bicyclic) bond motifs is 3.